The van der Waals surface area contributed by atoms with Crippen LogP contribution in [0.3, 0.4) is 0 Å². The zero-order chi connectivity index (χ0) is 16.0. The van der Waals surface area contributed by atoms with Gasteiger partial charge in [-0.3, -0.25) is 14.9 Å². The first kappa shape index (κ1) is 17.1. The molecule has 1 amide bonds. The smallest absolute Gasteiger partial charge is 0.272 e. The molecule has 0 saturated carbocycles. The Kier molecular flexibility index (Phi) is 6.30. The molecule has 116 valence electrons. The fourth-order valence-corrected chi connectivity index (χ4v) is 2.13. The minimum atomic E-state index is -0.386. The maximum atomic E-state index is 12.1. The monoisotopic (exact) mass is 293 g/mol. The van der Waals surface area contributed by atoms with Gasteiger partial charge in [0.15, 0.2) is 0 Å². The Bertz CT molecular complexity index is 513. The fraction of sp³-hybridized carbons (Fsp3) is 0.533. The highest BCUT2D eigenvalue weighted by atomic mass is 16.6. The van der Waals surface area contributed by atoms with Crippen LogP contribution in [0.1, 0.15) is 31.9 Å². The topological polar surface area (TPSA) is 75.5 Å². The highest BCUT2D eigenvalue weighted by Gasteiger charge is 2.18. The highest BCUT2D eigenvalue weighted by molar-refractivity contribution is 5.81. The van der Waals surface area contributed by atoms with Crippen molar-refractivity contribution in [1.82, 2.24) is 10.2 Å². The van der Waals surface area contributed by atoms with Crippen LogP contribution in [0.4, 0.5) is 5.69 Å². The molecule has 1 unspecified atom stereocenters. The zero-order valence-electron chi connectivity index (χ0n) is 13.0. The Balaban J connectivity index is 2.69. The number of hydrogen-bond acceptors (Lipinski definition) is 4. The van der Waals surface area contributed by atoms with E-state index in [4.69, 9.17) is 0 Å². The van der Waals surface area contributed by atoms with Gasteiger partial charge in [0.25, 0.3) is 5.69 Å². The van der Waals surface area contributed by atoms with E-state index in [1.54, 1.807) is 24.0 Å². The van der Waals surface area contributed by atoms with Gasteiger partial charge in [-0.05, 0) is 33.3 Å². The zero-order valence-corrected chi connectivity index (χ0v) is 13.0. The van der Waals surface area contributed by atoms with Crippen LogP contribution < -0.4 is 5.32 Å². The van der Waals surface area contributed by atoms with Gasteiger partial charge in [0.1, 0.15) is 0 Å². The van der Waals surface area contributed by atoms with Crippen LogP contribution in [0.25, 0.3) is 0 Å². The number of likely N-dealkylation sites (N-methyl/N-ethyl adjacent to an activating group) is 1. The molecular weight excluding hydrogens is 270 g/mol. The van der Waals surface area contributed by atoms with Gasteiger partial charge in [-0.15, -0.1) is 0 Å². The fourth-order valence-electron chi connectivity index (χ4n) is 2.13. The van der Waals surface area contributed by atoms with Gasteiger partial charge in [0, 0.05) is 31.3 Å². The molecule has 0 aromatic heterocycles. The summed E-state index contributed by atoms with van der Waals surface area (Å²) in [5, 5.41) is 14.0. The third kappa shape index (κ3) is 4.53. The molecule has 0 aliphatic heterocycles. The van der Waals surface area contributed by atoms with E-state index in [2.05, 4.69) is 5.32 Å². The first-order chi connectivity index (χ1) is 9.90. The molecule has 1 aromatic carbocycles. The predicted molar refractivity (Wildman–Crippen MR) is 82.1 cm³/mol. The number of hydrogen-bond donors (Lipinski definition) is 1. The molecule has 6 nitrogen and oxygen atoms in total. The van der Waals surface area contributed by atoms with Gasteiger partial charge < -0.3 is 10.2 Å². The number of nitro benzene ring substituents is 1. The Morgan fingerprint density at radius 2 is 2.00 bits per heavy atom. The summed E-state index contributed by atoms with van der Waals surface area (Å²) in [6.07, 6.45) is 0. The molecule has 0 bridgehead atoms. The van der Waals surface area contributed by atoms with Crippen LogP contribution >= 0.6 is 0 Å². The molecule has 0 fully saturated rings. The molecule has 6 heteroatoms. The lowest BCUT2D eigenvalue weighted by Gasteiger charge is -2.23. The van der Waals surface area contributed by atoms with E-state index in [1.807, 2.05) is 26.8 Å². The average Bonchev–Trinajstić information content (AvgIpc) is 2.46. The van der Waals surface area contributed by atoms with Crippen molar-refractivity contribution in [3.8, 4) is 0 Å². The summed E-state index contributed by atoms with van der Waals surface area (Å²) in [4.78, 5) is 24.4. The van der Waals surface area contributed by atoms with Crippen molar-refractivity contribution in [2.45, 2.75) is 40.3 Å². The van der Waals surface area contributed by atoms with E-state index >= 15 is 0 Å². The lowest BCUT2D eigenvalue weighted by Crippen LogP contribution is -2.44. The van der Waals surface area contributed by atoms with Crippen molar-refractivity contribution in [1.29, 1.82) is 0 Å². The third-order valence-electron chi connectivity index (χ3n) is 3.53. The van der Waals surface area contributed by atoms with Gasteiger partial charge in [-0.25, -0.2) is 0 Å². The summed E-state index contributed by atoms with van der Waals surface area (Å²) in [5.74, 6) is 0.0432. The van der Waals surface area contributed by atoms with Crippen LogP contribution in [0.5, 0.6) is 0 Å². The van der Waals surface area contributed by atoms with Crippen molar-refractivity contribution < 1.29 is 9.72 Å². The second-order valence-electron chi connectivity index (χ2n) is 4.99. The number of rotatable bonds is 7. The van der Waals surface area contributed by atoms with Crippen LogP contribution in [-0.4, -0.2) is 34.9 Å². The van der Waals surface area contributed by atoms with Gasteiger partial charge in [0.05, 0.1) is 11.0 Å². The van der Waals surface area contributed by atoms with Gasteiger partial charge >= 0.3 is 0 Å². The molecule has 1 atom stereocenters. The first-order valence-corrected chi connectivity index (χ1v) is 7.16. The molecule has 0 radical (unpaired) electrons. The third-order valence-corrected chi connectivity index (χ3v) is 3.53. The molecule has 0 aliphatic carbocycles. The molecule has 1 aromatic rings. The van der Waals surface area contributed by atoms with E-state index in [9.17, 15) is 14.9 Å². The summed E-state index contributed by atoms with van der Waals surface area (Å²) >= 11 is 0. The summed E-state index contributed by atoms with van der Waals surface area (Å²) < 4.78 is 0. The van der Waals surface area contributed by atoms with Crippen LogP contribution in [0.15, 0.2) is 18.2 Å². The Morgan fingerprint density at radius 3 is 2.52 bits per heavy atom. The number of nitrogens with one attached hydrogen (secondary N) is 1. The van der Waals surface area contributed by atoms with Gasteiger partial charge in [-0.1, -0.05) is 12.1 Å². The normalized spacial score (nSPS) is 12.0. The largest absolute Gasteiger partial charge is 0.342 e. The number of amides is 1. The van der Waals surface area contributed by atoms with Crippen LogP contribution in [0.2, 0.25) is 0 Å². The second kappa shape index (κ2) is 7.73. The van der Waals surface area contributed by atoms with Crippen molar-refractivity contribution in [3.63, 3.8) is 0 Å². The number of carbonyl (C=O) groups excluding carboxylic acids is 1. The SMILES string of the molecule is CCN(CC)C(=O)C(C)NCc1ccc(C)c([N+](=O)[O-])c1. The van der Waals surface area contributed by atoms with Crippen molar-refractivity contribution in [2.75, 3.05) is 13.1 Å². The molecule has 0 saturated heterocycles. The van der Waals surface area contributed by atoms with E-state index in [0.717, 1.165) is 5.56 Å². The molecule has 1 N–H and O–H groups in total. The van der Waals surface area contributed by atoms with Crippen LogP contribution in [0, 0.1) is 17.0 Å². The van der Waals surface area contributed by atoms with Gasteiger partial charge in [0.2, 0.25) is 5.91 Å². The lowest BCUT2D eigenvalue weighted by atomic mass is 10.1. The lowest BCUT2D eigenvalue weighted by molar-refractivity contribution is -0.385. The number of benzene rings is 1. The number of nitrogens with zero attached hydrogens (tertiary/aromatic N) is 2. The molecule has 0 aliphatic rings. The maximum absolute atomic E-state index is 12.1. The minimum absolute atomic E-state index is 0.0432. The molecule has 1 rings (SSSR count). The van der Waals surface area contributed by atoms with Crippen molar-refractivity contribution >= 4 is 11.6 Å². The van der Waals surface area contributed by atoms with E-state index in [0.29, 0.717) is 25.2 Å². The van der Waals surface area contributed by atoms with Crippen molar-refractivity contribution in [2.24, 2.45) is 0 Å². The maximum Gasteiger partial charge on any atom is 0.272 e. The van der Waals surface area contributed by atoms with Crippen LogP contribution in [-0.2, 0) is 11.3 Å². The Morgan fingerprint density at radius 1 is 1.38 bits per heavy atom. The van der Waals surface area contributed by atoms with Gasteiger partial charge in [-0.2, -0.15) is 0 Å². The van der Waals surface area contributed by atoms with E-state index < -0.39 is 0 Å². The Labute approximate surface area is 125 Å². The standard InChI is InChI=1S/C15H23N3O3/c1-5-17(6-2)15(19)12(4)16-10-13-8-7-11(3)14(9-13)18(20)21/h7-9,12,16H,5-6,10H2,1-4H3. The van der Waals surface area contributed by atoms with Crippen molar-refractivity contribution in [3.05, 3.63) is 39.4 Å². The predicted octanol–water partition coefficient (Wildman–Crippen LogP) is 2.25. The first-order valence-electron chi connectivity index (χ1n) is 7.16. The summed E-state index contributed by atoms with van der Waals surface area (Å²) in [6.45, 7) is 9.18. The highest BCUT2D eigenvalue weighted by Crippen LogP contribution is 2.19. The summed E-state index contributed by atoms with van der Waals surface area (Å²) in [6, 6.07) is 4.80. The Hall–Kier alpha value is -1.95. The molecule has 0 heterocycles. The second-order valence-corrected chi connectivity index (χ2v) is 4.99. The summed E-state index contributed by atoms with van der Waals surface area (Å²) in [5.41, 5.74) is 1.54. The number of carbonyl (C=O) groups is 1. The molecule has 0 spiro atoms. The number of aryl methyl sites for hydroxylation is 1. The molecular formula is C15H23N3O3. The molecule has 21 heavy (non-hydrogen) atoms. The summed E-state index contributed by atoms with van der Waals surface area (Å²) in [7, 11) is 0. The average molecular weight is 293 g/mol. The minimum Gasteiger partial charge on any atom is -0.342 e. The van der Waals surface area contributed by atoms with E-state index in [-0.39, 0.29) is 22.6 Å². The quantitative estimate of drug-likeness (QED) is 0.618. The van der Waals surface area contributed by atoms with E-state index in [1.165, 1.54) is 0 Å². The number of nitro groups is 1.